The molecule has 0 amide bonds. The lowest BCUT2D eigenvalue weighted by atomic mass is 9.91. The number of ether oxygens (including phenoxy) is 3. The molecule has 0 aliphatic heterocycles. The Morgan fingerprint density at radius 2 is 1.41 bits per heavy atom. The zero-order valence-electron chi connectivity index (χ0n) is 21.1. The molecule has 0 aromatic rings. The van der Waals surface area contributed by atoms with Gasteiger partial charge in [0, 0.05) is 17.6 Å². The van der Waals surface area contributed by atoms with Gasteiger partial charge in [-0.05, 0) is 79.7 Å². The van der Waals surface area contributed by atoms with Crippen LogP contribution in [-0.4, -0.2) is 50.7 Å². The minimum Gasteiger partial charge on any atom is -0.381 e. The molecule has 172 valence electrons. The second kappa shape index (κ2) is 13.0. The summed E-state index contributed by atoms with van der Waals surface area (Å²) in [4.78, 5) is 0. The van der Waals surface area contributed by atoms with Gasteiger partial charge in [0.2, 0.25) is 0 Å². The highest BCUT2D eigenvalue weighted by molar-refractivity contribution is 5.07. The van der Waals surface area contributed by atoms with Gasteiger partial charge in [0.15, 0.2) is 0 Å². The summed E-state index contributed by atoms with van der Waals surface area (Å²) in [6.07, 6.45) is 3.09. The van der Waals surface area contributed by atoms with Gasteiger partial charge in [-0.15, -0.1) is 0 Å². The lowest BCUT2D eigenvalue weighted by Crippen LogP contribution is -2.42. The van der Waals surface area contributed by atoms with E-state index in [1.165, 1.54) is 0 Å². The SMILES string of the molecule is CC(C)(C)C#CCOCCOC(C)(C)CCC(C)(C)NCCCOCC(C)(C)C. The highest BCUT2D eigenvalue weighted by Crippen LogP contribution is 2.22. The molecule has 0 rings (SSSR count). The van der Waals surface area contributed by atoms with Crippen molar-refractivity contribution in [3.05, 3.63) is 0 Å². The van der Waals surface area contributed by atoms with Crippen LogP contribution in [0.5, 0.6) is 0 Å². The van der Waals surface area contributed by atoms with Crippen molar-refractivity contribution in [2.75, 3.05) is 39.6 Å². The normalized spacial score (nSPS) is 13.3. The summed E-state index contributed by atoms with van der Waals surface area (Å²) >= 11 is 0. The molecule has 0 radical (unpaired) electrons. The summed E-state index contributed by atoms with van der Waals surface area (Å²) in [7, 11) is 0. The maximum Gasteiger partial charge on any atom is 0.107 e. The molecule has 0 spiro atoms. The zero-order valence-corrected chi connectivity index (χ0v) is 21.1. The second-order valence-electron chi connectivity index (χ2n) is 11.5. The van der Waals surface area contributed by atoms with Crippen LogP contribution in [0.25, 0.3) is 0 Å². The van der Waals surface area contributed by atoms with E-state index in [-0.39, 0.29) is 22.0 Å². The molecule has 0 heterocycles. The largest absolute Gasteiger partial charge is 0.381 e. The van der Waals surface area contributed by atoms with Crippen molar-refractivity contribution in [3.63, 3.8) is 0 Å². The zero-order chi connectivity index (χ0) is 22.6. The number of rotatable bonds is 14. The fourth-order valence-electron chi connectivity index (χ4n) is 2.55. The van der Waals surface area contributed by atoms with Crippen LogP contribution in [0.4, 0.5) is 0 Å². The Bertz CT molecular complexity index is 487. The second-order valence-corrected chi connectivity index (χ2v) is 11.5. The van der Waals surface area contributed by atoms with Gasteiger partial charge in [0.1, 0.15) is 6.61 Å². The summed E-state index contributed by atoms with van der Waals surface area (Å²) < 4.78 is 17.3. The lowest BCUT2D eigenvalue weighted by molar-refractivity contribution is -0.0507. The van der Waals surface area contributed by atoms with E-state index in [1.54, 1.807) is 0 Å². The molecule has 0 saturated heterocycles. The first kappa shape index (κ1) is 28.4. The van der Waals surface area contributed by atoms with Crippen molar-refractivity contribution in [2.45, 2.75) is 99.6 Å². The molecule has 0 aromatic carbocycles. The smallest absolute Gasteiger partial charge is 0.107 e. The monoisotopic (exact) mass is 411 g/mol. The Kier molecular flexibility index (Phi) is 12.7. The number of nitrogens with one attached hydrogen (secondary N) is 1. The van der Waals surface area contributed by atoms with Crippen molar-refractivity contribution in [3.8, 4) is 11.8 Å². The molecule has 0 atom stereocenters. The van der Waals surface area contributed by atoms with E-state index >= 15 is 0 Å². The van der Waals surface area contributed by atoms with E-state index in [4.69, 9.17) is 14.2 Å². The third-order valence-electron chi connectivity index (χ3n) is 4.31. The fourth-order valence-corrected chi connectivity index (χ4v) is 2.55. The average molecular weight is 412 g/mol. The maximum absolute atomic E-state index is 6.04. The first-order valence-corrected chi connectivity index (χ1v) is 11.2. The van der Waals surface area contributed by atoms with E-state index in [2.05, 4.69) is 86.4 Å². The molecule has 1 N–H and O–H groups in total. The van der Waals surface area contributed by atoms with E-state index in [9.17, 15) is 0 Å². The topological polar surface area (TPSA) is 39.7 Å². The van der Waals surface area contributed by atoms with Gasteiger partial charge >= 0.3 is 0 Å². The van der Waals surface area contributed by atoms with Crippen LogP contribution in [0.3, 0.4) is 0 Å². The highest BCUT2D eigenvalue weighted by Gasteiger charge is 2.24. The summed E-state index contributed by atoms with van der Waals surface area (Å²) in [5.41, 5.74) is 0.199. The van der Waals surface area contributed by atoms with Crippen molar-refractivity contribution in [1.82, 2.24) is 5.32 Å². The Morgan fingerprint density at radius 1 is 0.759 bits per heavy atom. The third-order valence-corrected chi connectivity index (χ3v) is 4.31. The lowest BCUT2D eigenvalue weighted by Gasteiger charge is -2.32. The summed E-state index contributed by atoms with van der Waals surface area (Å²) in [5, 5.41) is 3.66. The van der Waals surface area contributed by atoms with Gasteiger partial charge in [0.25, 0.3) is 0 Å². The molecule has 0 aliphatic rings. The maximum atomic E-state index is 6.04. The molecule has 0 saturated carbocycles. The van der Waals surface area contributed by atoms with E-state index in [1.807, 2.05) is 0 Å². The van der Waals surface area contributed by atoms with Gasteiger partial charge in [-0.1, -0.05) is 32.6 Å². The highest BCUT2D eigenvalue weighted by atomic mass is 16.5. The number of hydrogen-bond acceptors (Lipinski definition) is 4. The molecule has 0 bridgehead atoms. The minimum atomic E-state index is -0.158. The van der Waals surface area contributed by atoms with E-state index in [0.29, 0.717) is 19.8 Å². The van der Waals surface area contributed by atoms with Crippen molar-refractivity contribution >= 4 is 0 Å². The van der Waals surface area contributed by atoms with Crippen LogP contribution in [0.1, 0.15) is 88.5 Å². The van der Waals surface area contributed by atoms with Gasteiger partial charge in [-0.2, -0.15) is 0 Å². The quantitative estimate of drug-likeness (QED) is 0.305. The molecule has 4 heteroatoms. The van der Waals surface area contributed by atoms with Crippen LogP contribution < -0.4 is 5.32 Å². The van der Waals surface area contributed by atoms with Crippen molar-refractivity contribution in [2.24, 2.45) is 10.8 Å². The van der Waals surface area contributed by atoms with Crippen LogP contribution in [0.2, 0.25) is 0 Å². The van der Waals surface area contributed by atoms with Crippen molar-refractivity contribution in [1.29, 1.82) is 0 Å². The fraction of sp³-hybridized carbons (Fsp3) is 0.920. The molecule has 0 aromatic heterocycles. The Balaban J connectivity index is 3.91. The predicted molar refractivity (Wildman–Crippen MR) is 124 cm³/mol. The first-order valence-electron chi connectivity index (χ1n) is 11.2. The molecule has 4 nitrogen and oxygen atoms in total. The third kappa shape index (κ3) is 20.5. The minimum absolute atomic E-state index is 0.0299. The Morgan fingerprint density at radius 3 is 2.00 bits per heavy atom. The van der Waals surface area contributed by atoms with Gasteiger partial charge < -0.3 is 19.5 Å². The molecule has 0 aliphatic carbocycles. The molecular weight excluding hydrogens is 362 g/mol. The van der Waals surface area contributed by atoms with Gasteiger partial charge in [-0.3, -0.25) is 0 Å². The van der Waals surface area contributed by atoms with Gasteiger partial charge in [-0.25, -0.2) is 0 Å². The first-order chi connectivity index (χ1) is 13.1. The summed E-state index contributed by atoms with van der Waals surface area (Å²) in [5.74, 6) is 6.23. The molecule has 29 heavy (non-hydrogen) atoms. The Hall–Kier alpha value is -0.600. The summed E-state index contributed by atoms with van der Waals surface area (Å²) in [6, 6.07) is 0. The number of hydrogen-bond donors (Lipinski definition) is 1. The molecular formula is C25H49NO3. The summed E-state index contributed by atoms with van der Waals surface area (Å²) in [6.45, 7) is 26.0. The van der Waals surface area contributed by atoms with E-state index in [0.717, 1.165) is 39.0 Å². The molecule has 0 fully saturated rings. The van der Waals surface area contributed by atoms with Crippen molar-refractivity contribution < 1.29 is 14.2 Å². The standard InChI is InChI=1S/C25H49NO3/c1-22(2,3)13-11-17-27-19-20-29-25(9,10)15-14-24(7,8)26-16-12-18-28-21-23(4,5)6/h26H,12,14-21H2,1-10H3. The molecule has 0 unspecified atom stereocenters. The predicted octanol–water partition coefficient (Wildman–Crippen LogP) is 5.45. The van der Waals surface area contributed by atoms with E-state index < -0.39 is 0 Å². The van der Waals surface area contributed by atoms with Crippen LogP contribution in [0, 0.1) is 22.7 Å². The van der Waals surface area contributed by atoms with Crippen LogP contribution >= 0.6 is 0 Å². The average Bonchev–Trinajstić information content (AvgIpc) is 2.53. The van der Waals surface area contributed by atoms with Crippen LogP contribution in [0.15, 0.2) is 0 Å². The van der Waals surface area contributed by atoms with Crippen LogP contribution in [-0.2, 0) is 14.2 Å². The van der Waals surface area contributed by atoms with Gasteiger partial charge in [0.05, 0.1) is 25.4 Å². The Labute approximate surface area is 181 Å².